The first-order valence-corrected chi connectivity index (χ1v) is 16.9. The molecule has 6 N–H and O–H groups in total. The summed E-state index contributed by atoms with van der Waals surface area (Å²) in [6.45, 7) is 19.8. The minimum atomic E-state index is -0.840. The molecule has 0 unspecified atom stereocenters. The van der Waals surface area contributed by atoms with Gasteiger partial charge in [-0.25, -0.2) is 0 Å². The SMILES string of the molecule is C=C1O[C@@H]2[C@@H](COC(C)C)O[C@@H](n3ccc4c(=O)[nH]c(N)nc43)[C@]2(C)O1.C=C1O[C@@H]2[C@@H](COC(C)C)O[C@@H](n3ccc4c(=O)[nH]c(N)nc43)[C@]2(C)O1. The highest BCUT2D eigenvalue weighted by Crippen LogP contribution is 2.50. The molecule has 0 spiro atoms. The van der Waals surface area contributed by atoms with Crippen LogP contribution in [0.5, 0.6) is 0 Å². The lowest BCUT2D eigenvalue weighted by molar-refractivity contribution is -0.114. The molecule has 0 amide bonds. The van der Waals surface area contributed by atoms with Crippen molar-refractivity contribution in [2.45, 2.75) is 102 Å². The Balaban J connectivity index is 0.000000162. The van der Waals surface area contributed by atoms with E-state index in [9.17, 15) is 9.59 Å². The van der Waals surface area contributed by atoms with Gasteiger partial charge in [0.05, 0.1) is 36.2 Å². The summed E-state index contributed by atoms with van der Waals surface area (Å²) in [6.07, 6.45) is 0.907. The minimum absolute atomic E-state index is 0.0369. The number of nitrogens with one attached hydrogen (secondary N) is 2. The first kappa shape index (κ1) is 35.4. The second-order valence-corrected chi connectivity index (χ2v) is 14.0. The molecule has 8 rings (SSSR count). The number of aromatic nitrogens is 6. The highest BCUT2D eigenvalue weighted by molar-refractivity contribution is 5.77. The summed E-state index contributed by atoms with van der Waals surface area (Å²) < 4.78 is 50.7. The van der Waals surface area contributed by atoms with E-state index in [1.807, 2.05) is 41.5 Å². The quantitative estimate of drug-likeness (QED) is 0.205. The smallest absolute Gasteiger partial charge is 0.272 e. The normalized spacial score (nSPS) is 30.6. The van der Waals surface area contributed by atoms with E-state index in [2.05, 4.69) is 33.1 Å². The Morgan fingerprint density at radius 3 is 1.52 bits per heavy atom. The summed E-state index contributed by atoms with van der Waals surface area (Å²) in [5.74, 6) is 0.550. The molecule has 4 aromatic rings. The molecule has 18 nitrogen and oxygen atoms in total. The summed E-state index contributed by atoms with van der Waals surface area (Å²) in [4.78, 5) is 37.7. The fourth-order valence-electron chi connectivity index (χ4n) is 7.20. The van der Waals surface area contributed by atoms with Crippen molar-refractivity contribution in [3.8, 4) is 0 Å². The van der Waals surface area contributed by atoms with E-state index in [1.165, 1.54) is 0 Å². The first-order valence-electron chi connectivity index (χ1n) is 16.9. The molecule has 0 radical (unpaired) electrons. The van der Waals surface area contributed by atoms with Gasteiger partial charge in [0.15, 0.2) is 47.2 Å². The van der Waals surface area contributed by atoms with E-state index >= 15 is 0 Å². The molecule has 8 heterocycles. The second kappa shape index (κ2) is 12.9. The van der Waals surface area contributed by atoms with Crippen molar-refractivity contribution < 1.29 is 37.9 Å². The molecule has 280 valence electrons. The van der Waals surface area contributed by atoms with Crippen LogP contribution in [0.3, 0.4) is 0 Å². The summed E-state index contributed by atoms with van der Waals surface area (Å²) in [5, 5.41) is 0.838. The lowest BCUT2D eigenvalue weighted by Gasteiger charge is -2.27. The van der Waals surface area contributed by atoms with Crippen LogP contribution in [-0.2, 0) is 37.9 Å². The van der Waals surface area contributed by atoms with Crippen molar-refractivity contribution >= 4 is 34.0 Å². The van der Waals surface area contributed by atoms with E-state index in [-0.39, 0.29) is 59.3 Å². The predicted molar refractivity (Wildman–Crippen MR) is 187 cm³/mol. The maximum absolute atomic E-state index is 12.1. The van der Waals surface area contributed by atoms with Gasteiger partial charge >= 0.3 is 0 Å². The Labute approximate surface area is 297 Å². The standard InChI is InChI=1S/2C17H22N4O5/c2*1-8(2)23-7-11-12-17(4,26-9(3)24-12)15(25-11)21-6-5-10-13(21)19-16(18)20-14(10)22/h2*5-6,8,11-12,15H,3,7H2,1-2,4H3,(H3,18,19,20,22)/t2*11-,12-,15-,17-/m11/s1. The zero-order chi connectivity index (χ0) is 37.3. The van der Waals surface area contributed by atoms with Crippen molar-refractivity contribution in [1.29, 1.82) is 0 Å². The number of nitrogens with zero attached hydrogens (tertiary/aromatic N) is 4. The molecule has 0 aromatic carbocycles. The second-order valence-electron chi connectivity index (χ2n) is 14.0. The van der Waals surface area contributed by atoms with Gasteiger partial charge in [0.25, 0.3) is 23.0 Å². The Kier molecular flexibility index (Phi) is 8.75. The molecule has 52 heavy (non-hydrogen) atoms. The number of aromatic amines is 2. The number of fused-ring (bicyclic) bond motifs is 4. The largest absolute Gasteiger partial charge is 0.455 e. The Hall–Kier alpha value is -5.04. The van der Waals surface area contributed by atoms with E-state index < -0.39 is 35.9 Å². The van der Waals surface area contributed by atoms with Crippen molar-refractivity contribution in [2.24, 2.45) is 0 Å². The van der Waals surface area contributed by atoms with Gasteiger partial charge in [0.2, 0.25) is 11.9 Å². The number of rotatable bonds is 8. The molecule has 0 aliphatic carbocycles. The zero-order valence-electron chi connectivity index (χ0n) is 29.8. The predicted octanol–water partition coefficient (Wildman–Crippen LogP) is 2.55. The van der Waals surface area contributed by atoms with Crippen LogP contribution in [-0.4, -0.2) is 90.1 Å². The summed E-state index contributed by atoms with van der Waals surface area (Å²) in [6, 6.07) is 3.34. The van der Waals surface area contributed by atoms with Crippen molar-refractivity contribution in [3.63, 3.8) is 0 Å². The molecule has 4 aromatic heterocycles. The van der Waals surface area contributed by atoms with Crippen LogP contribution in [0, 0.1) is 0 Å². The van der Waals surface area contributed by atoms with Gasteiger partial charge in [0, 0.05) is 12.4 Å². The maximum Gasteiger partial charge on any atom is 0.272 e. The summed E-state index contributed by atoms with van der Waals surface area (Å²) >= 11 is 0. The van der Waals surface area contributed by atoms with Gasteiger partial charge < -0.3 is 58.5 Å². The molecule has 0 bridgehead atoms. The number of nitrogen functional groups attached to an aromatic ring is 2. The highest BCUT2D eigenvalue weighted by atomic mass is 16.8. The number of hydrogen-bond donors (Lipinski definition) is 4. The molecule has 4 aliphatic rings. The van der Waals surface area contributed by atoms with Crippen molar-refractivity contribution in [1.82, 2.24) is 29.1 Å². The van der Waals surface area contributed by atoms with Crippen LogP contribution in [0.2, 0.25) is 0 Å². The molecular formula is C34H44N8O10. The Morgan fingerprint density at radius 1 is 0.769 bits per heavy atom. The lowest BCUT2D eigenvalue weighted by Crippen LogP contribution is -2.42. The average Bonchev–Trinajstić information content (AvgIpc) is 3.87. The molecule has 0 saturated carbocycles. The number of H-pyrrole nitrogens is 2. The molecular weight excluding hydrogens is 680 g/mol. The van der Waals surface area contributed by atoms with Gasteiger partial charge in [-0.2, -0.15) is 9.97 Å². The van der Waals surface area contributed by atoms with Crippen LogP contribution in [0.15, 0.2) is 59.2 Å². The summed E-state index contributed by atoms with van der Waals surface area (Å²) in [7, 11) is 0. The van der Waals surface area contributed by atoms with Crippen LogP contribution in [0.25, 0.3) is 22.1 Å². The average molecular weight is 725 g/mol. The lowest BCUT2D eigenvalue weighted by atomic mass is 9.96. The van der Waals surface area contributed by atoms with E-state index in [0.29, 0.717) is 35.3 Å². The summed E-state index contributed by atoms with van der Waals surface area (Å²) in [5.41, 5.74) is 9.97. The first-order chi connectivity index (χ1) is 24.6. The van der Waals surface area contributed by atoms with Gasteiger partial charge in [-0.15, -0.1) is 0 Å². The van der Waals surface area contributed by atoms with Gasteiger partial charge in [-0.3, -0.25) is 19.6 Å². The fraction of sp³-hybridized carbons (Fsp3) is 0.529. The van der Waals surface area contributed by atoms with Crippen molar-refractivity contribution in [3.05, 3.63) is 70.3 Å². The van der Waals surface area contributed by atoms with Gasteiger partial charge in [-0.05, 0) is 66.8 Å². The maximum atomic E-state index is 12.1. The van der Waals surface area contributed by atoms with Crippen LogP contribution < -0.4 is 22.6 Å². The molecule has 18 heteroatoms. The third kappa shape index (κ3) is 5.94. The fourth-order valence-corrected chi connectivity index (χ4v) is 7.20. The van der Waals surface area contributed by atoms with Crippen LogP contribution >= 0.6 is 0 Å². The van der Waals surface area contributed by atoms with Gasteiger partial charge in [-0.1, -0.05) is 0 Å². The molecule has 8 atom stereocenters. The zero-order valence-corrected chi connectivity index (χ0v) is 29.8. The molecule has 4 fully saturated rings. The topological polar surface area (TPSA) is 227 Å². The van der Waals surface area contributed by atoms with E-state index in [0.717, 1.165) is 0 Å². The number of hydrogen-bond acceptors (Lipinski definition) is 14. The monoisotopic (exact) mass is 724 g/mol. The molecule has 4 aliphatic heterocycles. The van der Waals surface area contributed by atoms with Crippen LogP contribution in [0.4, 0.5) is 11.9 Å². The number of nitrogens with two attached hydrogens (primary N) is 2. The van der Waals surface area contributed by atoms with Crippen LogP contribution in [0.1, 0.15) is 54.0 Å². The van der Waals surface area contributed by atoms with E-state index in [1.54, 1.807) is 33.7 Å². The number of ether oxygens (including phenoxy) is 8. The Morgan fingerprint density at radius 2 is 1.15 bits per heavy atom. The highest BCUT2D eigenvalue weighted by Gasteiger charge is 2.64. The minimum Gasteiger partial charge on any atom is -0.455 e. The molecule has 4 saturated heterocycles. The van der Waals surface area contributed by atoms with Gasteiger partial charge in [0.1, 0.15) is 12.2 Å². The Bertz CT molecular complexity index is 1990. The number of anilines is 2. The van der Waals surface area contributed by atoms with E-state index in [4.69, 9.17) is 49.4 Å². The third-order valence-electron chi connectivity index (χ3n) is 9.47. The third-order valence-corrected chi connectivity index (χ3v) is 9.47. The van der Waals surface area contributed by atoms with Crippen molar-refractivity contribution in [2.75, 3.05) is 24.7 Å².